The first-order valence-electron chi connectivity index (χ1n) is 18.4. The molecule has 1 unspecified atom stereocenters. The van der Waals surface area contributed by atoms with Crippen LogP contribution in [0.4, 0.5) is 0 Å². The second-order valence-electron chi connectivity index (χ2n) is 16.1. The molecule has 13 nitrogen and oxygen atoms in total. The summed E-state index contributed by atoms with van der Waals surface area (Å²) >= 11 is 0. The summed E-state index contributed by atoms with van der Waals surface area (Å²) in [6, 6.07) is -0.447. The van der Waals surface area contributed by atoms with Crippen molar-refractivity contribution in [3.8, 4) is 0 Å². The number of rotatable bonds is 7. The van der Waals surface area contributed by atoms with Crippen LogP contribution in [0.5, 0.6) is 0 Å². The predicted octanol–water partition coefficient (Wildman–Crippen LogP) is 2.33. The molecule has 4 aliphatic rings. The maximum Gasteiger partial charge on any atom is 0.311 e. The molecule has 0 radical (unpaired) electrons. The quantitative estimate of drug-likeness (QED) is 0.262. The molecule has 2 bridgehead atoms. The van der Waals surface area contributed by atoms with Gasteiger partial charge < -0.3 is 53.4 Å². The van der Waals surface area contributed by atoms with Gasteiger partial charge in [-0.3, -0.25) is 9.69 Å². The van der Waals surface area contributed by atoms with E-state index in [1.54, 1.807) is 28.1 Å². The lowest BCUT2D eigenvalue weighted by Gasteiger charge is -2.50. The van der Waals surface area contributed by atoms with Crippen molar-refractivity contribution in [3.63, 3.8) is 0 Å². The van der Waals surface area contributed by atoms with Gasteiger partial charge in [-0.1, -0.05) is 19.9 Å². The van der Waals surface area contributed by atoms with E-state index in [4.69, 9.17) is 33.2 Å². The van der Waals surface area contributed by atoms with Crippen LogP contribution in [0.25, 0.3) is 0 Å². The van der Waals surface area contributed by atoms with Crippen molar-refractivity contribution in [2.75, 3.05) is 41.4 Å². The molecule has 3 fully saturated rings. The van der Waals surface area contributed by atoms with E-state index in [0.717, 1.165) is 0 Å². The Balaban J connectivity index is 1.80. The highest BCUT2D eigenvalue weighted by Crippen LogP contribution is 2.41. The molecule has 0 aromatic heterocycles. The third-order valence-electron chi connectivity index (χ3n) is 12.0. The van der Waals surface area contributed by atoms with Gasteiger partial charge in [-0.05, 0) is 80.5 Å². The number of hydrogen-bond acceptors (Lipinski definition) is 13. The van der Waals surface area contributed by atoms with Crippen molar-refractivity contribution < 1.29 is 53.3 Å². The predicted molar refractivity (Wildman–Crippen MR) is 186 cm³/mol. The van der Waals surface area contributed by atoms with Crippen molar-refractivity contribution in [1.82, 2.24) is 9.80 Å². The fraction of sp³-hybridized carbons (Fsp3) is 0.919. The van der Waals surface area contributed by atoms with E-state index < -0.39 is 84.3 Å². The van der Waals surface area contributed by atoms with E-state index >= 15 is 0 Å². The second-order valence-corrected chi connectivity index (χ2v) is 16.1. The lowest BCUT2D eigenvalue weighted by Crippen LogP contribution is -2.61. The molecule has 13 heteroatoms. The van der Waals surface area contributed by atoms with Crippen LogP contribution in [-0.2, 0) is 38.0 Å². The fourth-order valence-electron chi connectivity index (χ4n) is 8.54. The summed E-state index contributed by atoms with van der Waals surface area (Å²) in [7, 11) is 7.00. The molecule has 0 aliphatic carbocycles. The number of fused-ring (bicyclic) bond motifs is 2. The molecule has 4 rings (SSSR count). The minimum atomic E-state index is -1.05. The van der Waals surface area contributed by atoms with Gasteiger partial charge in [0.05, 0.1) is 47.6 Å². The van der Waals surface area contributed by atoms with Gasteiger partial charge in [0, 0.05) is 51.7 Å². The number of aliphatic hydroxyl groups excluding tert-OH is 3. The third kappa shape index (κ3) is 8.93. The summed E-state index contributed by atoms with van der Waals surface area (Å²) < 4.78 is 44.4. The number of ether oxygens (including phenoxy) is 7. The summed E-state index contributed by atoms with van der Waals surface area (Å²) in [6.07, 6.45) is -2.33. The summed E-state index contributed by atoms with van der Waals surface area (Å²) in [5.41, 5.74) is -2.00. The Labute approximate surface area is 299 Å². The van der Waals surface area contributed by atoms with Crippen LogP contribution in [0, 0.1) is 17.8 Å². The zero-order chi connectivity index (χ0) is 37.3. The van der Waals surface area contributed by atoms with E-state index in [9.17, 15) is 20.1 Å². The van der Waals surface area contributed by atoms with Crippen LogP contribution in [-0.4, -0.2) is 157 Å². The number of carbonyl (C=O) groups excluding carboxylic acids is 1. The molecule has 3 N–H and O–H groups in total. The Morgan fingerprint density at radius 1 is 0.920 bits per heavy atom. The van der Waals surface area contributed by atoms with Gasteiger partial charge in [0.25, 0.3) is 0 Å². The van der Waals surface area contributed by atoms with Crippen molar-refractivity contribution >= 4 is 5.97 Å². The molecule has 290 valence electrons. The third-order valence-corrected chi connectivity index (χ3v) is 12.0. The largest absolute Gasteiger partial charge is 0.456 e. The number of likely N-dealkylation sites (N-methyl/N-ethyl adjacent to an activating group) is 1. The minimum Gasteiger partial charge on any atom is -0.456 e. The standard InChI is InChI=1S/C37H66N2O11/c1-20-17-37(8,45-12)33(50-35-30(41)27(38(9)10)16-21(2)46-35)22(3)31(49-28-18-36(7,44-11)32(42)25(6)47-28)23(4)34(43)48-26-14-13-15-39(19-26)24(5)29(20)40/h13-14,20-33,35,40-42H,15-19H2,1-12H3/t20-,21-,22+,23-,24+,25+,26-,27+,28+,29+,30-,31+,32+,33-,35+,36-,37+/m1/s1. The van der Waals surface area contributed by atoms with Crippen molar-refractivity contribution in [2.24, 2.45) is 17.8 Å². The second kappa shape index (κ2) is 16.8. The van der Waals surface area contributed by atoms with Gasteiger partial charge >= 0.3 is 5.97 Å². The summed E-state index contributed by atoms with van der Waals surface area (Å²) in [4.78, 5) is 18.2. The number of esters is 1. The molecular formula is C37H66N2O11. The van der Waals surface area contributed by atoms with Crippen molar-refractivity contribution in [2.45, 2.75) is 159 Å². The molecule has 18 atom stereocenters. The molecule has 3 saturated heterocycles. The van der Waals surface area contributed by atoms with Crippen molar-refractivity contribution in [3.05, 3.63) is 12.2 Å². The summed E-state index contributed by atoms with van der Waals surface area (Å²) in [5.74, 6) is -2.06. The normalized spacial score (nSPS) is 49.7. The molecule has 0 amide bonds. The van der Waals surface area contributed by atoms with Crippen LogP contribution in [0.15, 0.2) is 12.2 Å². The van der Waals surface area contributed by atoms with E-state index in [-0.39, 0.29) is 30.5 Å². The SMILES string of the molecule is CO[C@]1(C)C[C@H](O[C@H]2[C@H](C)[C@@H](O[C@@H]3O[C@H](C)C[C@H](N(C)C)[C@H]3O)[C@@](C)(OC)C[C@@H](C)[C@H](O)[C@H](C)N3CC=C[C@H](C3)OC(=O)[C@@H]2C)O[C@@H](C)[C@@H]1O. The summed E-state index contributed by atoms with van der Waals surface area (Å²) in [6.45, 7) is 16.2. The molecule has 50 heavy (non-hydrogen) atoms. The minimum absolute atomic E-state index is 0.197. The van der Waals surface area contributed by atoms with Crippen LogP contribution < -0.4 is 0 Å². The molecular weight excluding hydrogens is 648 g/mol. The Hall–Kier alpha value is -1.23. The number of aliphatic hydroxyl groups is 3. The lowest BCUT2D eigenvalue weighted by molar-refractivity contribution is -0.319. The Kier molecular flexibility index (Phi) is 14.0. The van der Waals surface area contributed by atoms with Gasteiger partial charge in [-0.15, -0.1) is 0 Å². The van der Waals surface area contributed by atoms with Gasteiger partial charge in [0.15, 0.2) is 12.6 Å². The molecule has 0 spiro atoms. The highest BCUT2D eigenvalue weighted by atomic mass is 16.7. The monoisotopic (exact) mass is 714 g/mol. The zero-order valence-corrected chi connectivity index (χ0v) is 32.4. The van der Waals surface area contributed by atoms with Crippen LogP contribution in [0.3, 0.4) is 0 Å². The van der Waals surface area contributed by atoms with E-state index in [1.807, 2.05) is 72.7 Å². The highest BCUT2D eigenvalue weighted by molar-refractivity contribution is 5.73. The van der Waals surface area contributed by atoms with E-state index in [0.29, 0.717) is 25.9 Å². The number of nitrogens with zero attached hydrogens (tertiary/aromatic N) is 2. The van der Waals surface area contributed by atoms with Gasteiger partial charge in [-0.2, -0.15) is 0 Å². The molecule has 0 aromatic rings. The fourth-order valence-corrected chi connectivity index (χ4v) is 8.54. The zero-order valence-electron chi connectivity index (χ0n) is 32.4. The van der Waals surface area contributed by atoms with E-state index in [1.165, 1.54) is 0 Å². The Morgan fingerprint density at radius 3 is 2.20 bits per heavy atom. The number of hydrogen-bond donors (Lipinski definition) is 3. The molecule has 0 saturated carbocycles. The summed E-state index contributed by atoms with van der Waals surface area (Å²) in [5, 5.41) is 34.2. The number of methoxy groups -OCH3 is 2. The average Bonchev–Trinajstić information content (AvgIpc) is 3.07. The van der Waals surface area contributed by atoms with Gasteiger partial charge in [0.1, 0.15) is 18.3 Å². The average molecular weight is 715 g/mol. The van der Waals surface area contributed by atoms with Gasteiger partial charge in [0.2, 0.25) is 0 Å². The topological polar surface area (TPSA) is 149 Å². The van der Waals surface area contributed by atoms with Crippen LogP contribution in [0.2, 0.25) is 0 Å². The first-order chi connectivity index (χ1) is 23.3. The van der Waals surface area contributed by atoms with Crippen LogP contribution >= 0.6 is 0 Å². The van der Waals surface area contributed by atoms with E-state index in [2.05, 4.69) is 4.90 Å². The molecule has 4 aliphatic heterocycles. The Morgan fingerprint density at radius 2 is 1.58 bits per heavy atom. The maximum absolute atomic E-state index is 14.1. The smallest absolute Gasteiger partial charge is 0.311 e. The number of carbonyl (C=O) groups is 1. The lowest BCUT2D eigenvalue weighted by atomic mass is 9.76. The first kappa shape index (κ1) is 41.5. The molecule has 4 heterocycles. The Bertz CT molecular complexity index is 1140. The van der Waals surface area contributed by atoms with Crippen molar-refractivity contribution in [1.29, 1.82) is 0 Å². The first-order valence-corrected chi connectivity index (χ1v) is 18.4. The maximum atomic E-state index is 14.1. The highest BCUT2D eigenvalue weighted by Gasteiger charge is 2.52. The molecule has 0 aromatic carbocycles. The van der Waals surface area contributed by atoms with Gasteiger partial charge in [-0.25, -0.2) is 0 Å². The van der Waals surface area contributed by atoms with Crippen LogP contribution in [0.1, 0.15) is 74.7 Å².